The first-order chi connectivity index (χ1) is 11.4. The molecule has 0 aliphatic heterocycles. The van der Waals surface area contributed by atoms with E-state index in [-0.39, 0.29) is 17.6 Å². The highest BCUT2D eigenvalue weighted by atomic mass is 16.6. The van der Waals surface area contributed by atoms with Crippen LogP contribution in [0.25, 0.3) is 0 Å². The molecular formula is C18H21N3O3. The summed E-state index contributed by atoms with van der Waals surface area (Å²) in [7, 11) is 3.89. The molecule has 0 fully saturated rings. The molecule has 1 atom stereocenters. The van der Waals surface area contributed by atoms with Crippen LogP contribution >= 0.6 is 0 Å². The van der Waals surface area contributed by atoms with E-state index in [4.69, 9.17) is 0 Å². The van der Waals surface area contributed by atoms with Gasteiger partial charge in [0, 0.05) is 23.7 Å². The quantitative estimate of drug-likeness (QED) is 0.654. The molecule has 0 radical (unpaired) electrons. The zero-order valence-corrected chi connectivity index (χ0v) is 14.0. The molecule has 0 spiro atoms. The zero-order valence-electron chi connectivity index (χ0n) is 14.0. The third-order valence-corrected chi connectivity index (χ3v) is 4.01. The van der Waals surface area contributed by atoms with E-state index in [0.29, 0.717) is 17.7 Å². The van der Waals surface area contributed by atoms with E-state index in [1.807, 2.05) is 49.3 Å². The van der Waals surface area contributed by atoms with Gasteiger partial charge in [0.2, 0.25) is 0 Å². The van der Waals surface area contributed by atoms with Gasteiger partial charge in [-0.25, -0.2) is 0 Å². The lowest BCUT2D eigenvalue weighted by Gasteiger charge is -2.25. The highest BCUT2D eigenvalue weighted by Gasteiger charge is 2.20. The number of likely N-dealkylation sites (N-methyl/N-ethyl adjacent to an activating group) is 1. The van der Waals surface area contributed by atoms with Gasteiger partial charge in [0.15, 0.2) is 0 Å². The Hall–Kier alpha value is -2.73. The number of benzene rings is 2. The Kier molecular flexibility index (Phi) is 5.65. The lowest BCUT2D eigenvalue weighted by Crippen LogP contribution is -2.34. The average Bonchev–Trinajstić information content (AvgIpc) is 2.55. The van der Waals surface area contributed by atoms with Gasteiger partial charge in [-0.3, -0.25) is 14.9 Å². The molecule has 0 heterocycles. The van der Waals surface area contributed by atoms with Crippen LogP contribution in [0.4, 0.5) is 5.69 Å². The standard InChI is InChI=1S/C18H21N3O3/c1-13-15(10-7-11-16(13)21(23)24)18(22)19-12-17(20(2)3)14-8-5-4-6-9-14/h4-11,17H,12H2,1-3H3,(H,19,22). The summed E-state index contributed by atoms with van der Waals surface area (Å²) in [5.41, 5.74) is 1.75. The largest absolute Gasteiger partial charge is 0.350 e. The van der Waals surface area contributed by atoms with Gasteiger partial charge >= 0.3 is 0 Å². The van der Waals surface area contributed by atoms with Crippen LogP contribution in [0.1, 0.15) is 27.5 Å². The van der Waals surface area contributed by atoms with Crippen LogP contribution in [0.3, 0.4) is 0 Å². The second-order valence-corrected chi connectivity index (χ2v) is 5.81. The van der Waals surface area contributed by atoms with Crippen LogP contribution < -0.4 is 5.32 Å². The van der Waals surface area contributed by atoms with Crippen molar-refractivity contribution < 1.29 is 9.72 Å². The number of hydrogen-bond acceptors (Lipinski definition) is 4. The first kappa shape index (κ1) is 17.6. The number of rotatable bonds is 6. The fraction of sp³-hybridized carbons (Fsp3) is 0.278. The number of carbonyl (C=O) groups is 1. The minimum atomic E-state index is -0.474. The van der Waals surface area contributed by atoms with Crippen molar-refractivity contribution in [2.24, 2.45) is 0 Å². The summed E-state index contributed by atoms with van der Waals surface area (Å²) in [6.45, 7) is 2.01. The average molecular weight is 327 g/mol. The number of nitro benzene ring substituents is 1. The third kappa shape index (κ3) is 3.97. The maximum atomic E-state index is 12.4. The van der Waals surface area contributed by atoms with Gasteiger partial charge < -0.3 is 10.2 Å². The lowest BCUT2D eigenvalue weighted by atomic mass is 10.0. The van der Waals surface area contributed by atoms with Gasteiger partial charge in [-0.15, -0.1) is 0 Å². The summed E-state index contributed by atoms with van der Waals surface area (Å²) in [5.74, 6) is -0.306. The van der Waals surface area contributed by atoms with Crippen molar-refractivity contribution in [1.29, 1.82) is 0 Å². The van der Waals surface area contributed by atoms with E-state index >= 15 is 0 Å². The lowest BCUT2D eigenvalue weighted by molar-refractivity contribution is -0.385. The summed E-state index contributed by atoms with van der Waals surface area (Å²) in [6, 6.07) is 14.4. The molecule has 1 N–H and O–H groups in total. The molecule has 2 aromatic rings. The fourth-order valence-corrected chi connectivity index (χ4v) is 2.63. The highest BCUT2D eigenvalue weighted by molar-refractivity contribution is 5.96. The summed E-state index contributed by atoms with van der Waals surface area (Å²) in [5, 5.41) is 13.9. The molecule has 24 heavy (non-hydrogen) atoms. The van der Waals surface area contributed by atoms with Crippen molar-refractivity contribution in [3.63, 3.8) is 0 Å². The molecule has 0 aliphatic rings. The van der Waals surface area contributed by atoms with Crippen LogP contribution in [-0.4, -0.2) is 36.4 Å². The van der Waals surface area contributed by atoms with Crippen LogP contribution in [0.2, 0.25) is 0 Å². The Morgan fingerprint density at radius 2 is 1.83 bits per heavy atom. The smallest absolute Gasteiger partial charge is 0.273 e. The van der Waals surface area contributed by atoms with Crippen molar-refractivity contribution in [3.05, 3.63) is 75.3 Å². The van der Waals surface area contributed by atoms with E-state index < -0.39 is 4.92 Å². The Labute approximate surface area is 141 Å². The SMILES string of the molecule is Cc1c(C(=O)NCC(c2ccccc2)N(C)C)cccc1[N+](=O)[O-]. The molecular weight excluding hydrogens is 306 g/mol. The van der Waals surface area contributed by atoms with Crippen LogP contribution in [0, 0.1) is 17.0 Å². The molecule has 0 aromatic heterocycles. The molecule has 2 aromatic carbocycles. The molecule has 2 rings (SSSR count). The van der Waals surface area contributed by atoms with E-state index in [2.05, 4.69) is 5.32 Å². The number of amides is 1. The molecule has 6 nitrogen and oxygen atoms in total. The molecule has 126 valence electrons. The number of hydrogen-bond donors (Lipinski definition) is 1. The van der Waals surface area contributed by atoms with Crippen LogP contribution in [0.5, 0.6) is 0 Å². The Morgan fingerprint density at radius 1 is 1.17 bits per heavy atom. The van der Waals surface area contributed by atoms with Crippen molar-refractivity contribution >= 4 is 11.6 Å². The summed E-state index contributed by atoms with van der Waals surface area (Å²) < 4.78 is 0. The van der Waals surface area contributed by atoms with Crippen molar-refractivity contribution in [2.75, 3.05) is 20.6 Å². The Morgan fingerprint density at radius 3 is 2.42 bits per heavy atom. The highest BCUT2D eigenvalue weighted by Crippen LogP contribution is 2.21. The molecule has 0 aliphatic carbocycles. The molecule has 1 unspecified atom stereocenters. The normalized spacial score (nSPS) is 12.0. The summed E-state index contributed by atoms with van der Waals surface area (Å²) in [4.78, 5) is 25.0. The minimum absolute atomic E-state index is 0.0224. The molecule has 0 bridgehead atoms. The maximum absolute atomic E-state index is 12.4. The zero-order chi connectivity index (χ0) is 17.7. The second kappa shape index (κ2) is 7.70. The van der Waals surface area contributed by atoms with E-state index in [9.17, 15) is 14.9 Å². The number of nitrogens with zero attached hydrogens (tertiary/aromatic N) is 2. The minimum Gasteiger partial charge on any atom is -0.350 e. The fourth-order valence-electron chi connectivity index (χ4n) is 2.63. The Balaban J connectivity index is 2.15. The van der Waals surface area contributed by atoms with Gasteiger partial charge in [-0.2, -0.15) is 0 Å². The van der Waals surface area contributed by atoms with Crippen molar-refractivity contribution in [1.82, 2.24) is 10.2 Å². The first-order valence-corrected chi connectivity index (χ1v) is 7.65. The predicted octanol–water partition coefficient (Wildman–Crippen LogP) is 2.94. The predicted molar refractivity (Wildman–Crippen MR) is 93.0 cm³/mol. The third-order valence-electron chi connectivity index (χ3n) is 4.01. The van der Waals surface area contributed by atoms with Crippen LogP contribution in [-0.2, 0) is 0 Å². The molecule has 6 heteroatoms. The molecule has 0 saturated carbocycles. The van der Waals surface area contributed by atoms with Gasteiger partial charge in [-0.1, -0.05) is 36.4 Å². The van der Waals surface area contributed by atoms with E-state index in [1.54, 1.807) is 13.0 Å². The monoisotopic (exact) mass is 327 g/mol. The number of nitro groups is 1. The first-order valence-electron chi connectivity index (χ1n) is 7.65. The molecule has 0 saturated heterocycles. The molecule has 1 amide bonds. The second-order valence-electron chi connectivity index (χ2n) is 5.81. The topological polar surface area (TPSA) is 75.5 Å². The van der Waals surface area contributed by atoms with Gasteiger partial charge in [0.1, 0.15) is 0 Å². The van der Waals surface area contributed by atoms with E-state index in [1.165, 1.54) is 12.1 Å². The maximum Gasteiger partial charge on any atom is 0.273 e. The van der Waals surface area contributed by atoms with Crippen LogP contribution in [0.15, 0.2) is 48.5 Å². The number of carbonyl (C=O) groups excluding carboxylic acids is 1. The van der Waals surface area contributed by atoms with Crippen molar-refractivity contribution in [3.8, 4) is 0 Å². The van der Waals surface area contributed by atoms with Gasteiger partial charge in [0.25, 0.3) is 11.6 Å². The summed E-state index contributed by atoms with van der Waals surface area (Å²) in [6.07, 6.45) is 0. The number of nitrogens with one attached hydrogen (secondary N) is 1. The van der Waals surface area contributed by atoms with Crippen molar-refractivity contribution in [2.45, 2.75) is 13.0 Å². The summed E-state index contributed by atoms with van der Waals surface area (Å²) >= 11 is 0. The van der Waals surface area contributed by atoms with Gasteiger partial charge in [0.05, 0.1) is 11.0 Å². The Bertz CT molecular complexity index is 730. The van der Waals surface area contributed by atoms with E-state index in [0.717, 1.165) is 5.56 Å². The van der Waals surface area contributed by atoms with Gasteiger partial charge in [-0.05, 0) is 32.6 Å².